The Kier molecular flexibility index (Phi) is 4.48. The lowest BCUT2D eigenvalue weighted by Crippen LogP contribution is -2.30. The van der Waals surface area contributed by atoms with Gasteiger partial charge in [-0.25, -0.2) is 4.98 Å². The molecule has 0 atom stereocenters. The van der Waals surface area contributed by atoms with Crippen LogP contribution in [-0.2, 0) is 12.0 Å². The fourth-order valence-corrected chi connectivity index (χ4v) is 3.65. The third-order valence-corrected chi connectivity index (χ3v) is 5.47. The van der Waals surface area contributed by atoms with Crippen molar-refractivity contribution < 1.29 is 9.53 Å². The molecule has 1 aliphatic carbocycles. The van der Waals surface area contributed by atoms with Crippen LogP contribution >= 0.6 is 0 Å². The summed E-state index contributed by atoms with van der Waals surface area (Å²) in [5.41, 5.74) is 4.24. The molecule has 5 heteroatoms. The zero-order valence-electron chi connectivity index (χ0n) is 16.9. The molecule has 1 N–H and O–H groups in total. The van der Waals surface area contributed by atoms with E-state index in [9.17, 15) is 4.79 Å². The quantitative estimate of drug-likeness (QED) is 0.798. The molecule has 5 nitrogen and oxygen atoms in total. The monoisotopic (exact) mass is 376 g/mol. The molecule has 0 unspecified atom stereocenters. The summed E-state index contributed by atoms with van der Waals surface area (Å²) >= 11 is 0. The van der Waals surface area contributed by atoms with Crippen LogP contribution in [-0.4, -0.2) is 35.2 Å². The number of ketones is 1. The number of aromatic nitrogens is 1. The molecule has 0 bridgehead atoms. The van der Waals surface area contributed by atoms with Crippen LogP contribution < -0.4 is 4.74 Å². The van der Waals surface area contributed by atoms with Crippen LogP contribution in [0.15, 0.2) is 24.3 Å². The molecule has 1 aromatic carbocycles. The highest BCUT2D eigenvalue weighted by Crippen LogP contribution is 2.39. The average molecular weight is 376 g/mol. The molecule has 2 aliphatic rings. The van der Waals surface area contributed by atoms with E-state index in [-0.39, 0.29) is 17.7 Å². The van der Waals surface area contributed by atoms with E-state index in [1.807, 2.05) is 6.07 Å². The normalized spacial score (nSPS) is 16.3. The van der Waals surface area contributed by atoms with Crippen molar-refractivity contribution in [2.75, 3.05) is 13.7 Å². The Morgan fingerprint density at radius 2 is 2.11 bits per heavy atom. The number of nitrogens with one attached hydrogen (secondary N) is 1. The van der Waals surface area contributed by atoms with E-state index in [0.717, 1.165) is 22.5 Å². The number of hydrogen-bond acceptors (Lipinski definition) is 4. The number of carbonyl (C=O) groups is 1. The predicted molar refractivity (Wildman–Crippen MR) is 108 cm³/mol. The molecule has 1 saturated carbocycles. The van der Waals surface area contributed by atoms with Gasteiger partial charge in [-0.1, -0.05) is 26.8 Å². The molecule has 1 fully saturated rings. The molecule has 1 aliphatic heterocycles. The van der Waals surface area contributed by atoms with Gasteiger partial charge in [0.1, 0.15) is 17.3 Å². The van der Waals surface area contributed by atoms with Crippen molar-refractivity contribution in [2.24, 2.45) is 0 Å². The van der Waals surface area contributed by atoms with E-state index in [2.05, 4.69) is 39.0 Å². The molecule has 2 heterocycles. The Hall–Kier alpha value is -2.69. The van der Waals surface area contributed by atoms with Crippen LogP contribution in [0.3, 0.4) is 0 Å². The summed E-state index contributed by atoms with van der Waals surface area (Å²) in [5, 5.41) is 8.49. The number of fused-ring (bicyclic) bond motifs is 1. The number of amidine groups is 1. The molecule has 0 spiro atoms. The summed E-state index contributed by atoms with van der Waals surface area (Å²) < 4.78 is 5.42. The van der Waals surface area contributed by atoms with Crippen LogP contribution in [0.25, 0.3) is 0 Å². The highest BCUT2D eigenvalue weighted by molar-refractivity contribution is 6.04. The van der Waals surface area contributed by atoms with Gasteiger partial charge < -0.3 is 9.64 Å². The molecule has 0 saturated heterocycles. The summed E-state index contributed by atoms with van der Waals surface area (Å²) in [6.07, 6.45) is 2.37. The molecule has 28 heavy (non-hydrogen) atoms. The first-order valence-corrected chi connectivity index (χ1v) is 9.75. The van der Waals surface area contributed by atoms with Crippen LogP contribution in [0.4, 0.5) is 0 Å². The first-order valence-electron chi connectivity index (χ1n) is 9.75. The zero-order chi connectivity index (χ0) is 20.1. The third-order valence-electron chi connectivity index (χ3n) is 5.47. The van der Waals surface area contributed by atoms with Crippen LogP contribution in [0.5, 0.6) is 5.75 Å². The Balaban J connectivity index is 1.53. The second kappa shape index (κ2) is 6.73. The molecule has 0 amide bonds. The summed E-state index contributed by atoms with van der Waals surface area (Å²) in [4.78, 5) is 19.4. The van der Waals surface area contributed by atoms with Crippen molar-refractivity contribution >= 4 is 11.6 Å². The number of nitrogens with zero attached hydrogens (tertiary/aromatic N) is 2. The van der Waals surface area contributed by atoms with E-state index in [4.69, 9.17) is 15.1 Å². The van der Waals surface area contributed by atoms with Gasteiger partial charge in [-0.2, -0.15) is 0 Å². The molecular formula is C23H26N3O2. The average Bonchev–Trinajstić information content (AvgIpc) is 3.46. The number of Topliss-reactive ketones (excluding diaryl/α,β-unsaturated/α-hetero) is 1. The van der Waals surface area contributed by atoms with Gasteiger partial charge in [0.25, 0.3) is 0 Å². The maximum Gasteiger partial charge on any atom is 0.182 e. The lowest BCUT2D eigenvalue weighted by molar-refractivity contribution is 0.0962. The molecule has 2 aromatic rings. The van der Waals surface area contributed by atoms with Gasteiger partial charge in [0.2, 0.25) is 0 Å². The number of benzene rings is 1. The number of methoxy groups -OCH3 is 1. The van der Waals surface area contributed by atoms with Crippen LogP contribution in [0.1, 0.15) is 72.4 Å². The second-order valence-electron chi connectivity index (χ2n) is 8.73. The minimum Gasteiger partial charge on any atom is -0.496 e. The molecule has 4 rings (SSSR count). The van der Waals surface area contributed by atoms with Gasteiger partial charge in [0, 0.05) is 40.9 Å². The van der Waals surface area contributed by atoms with Crippen molar-refractivity contribution in [1.29, 1.82) is 5.41 Å². The van der Waals surface area contributed by atoms with Gasteiger partial charge in [-0.3, -0.25) is 10.2 Å². The van der Waals surface area contributed by atoms with Crippen molar-refractivity contribution in [3.63, 3.8) is 0 Å². The highest BCUT2D eigenvalue weighted by Gasteiger charge is 2.31. The van der Waals surface area contributed by atoms with Crippen molar-refractivity contribution in [2.45, 2.75) is 51.5 Å². The van der Waals surface area contributed by atoms with Gasteiger partial charge in [-0.05, 0) is 36.5 Å². The molecular weight excluding hydrogens is 350 g/mol. The van der Waals surface area contributed by atoms with Gasteiger partial charge in [-0.15, -0.1) is 0 Å². The van der Waals surface area contributed by atoms with Gasteiger partial charge in [0.15, 0.2) is 5.78 Å². The predicted octanol–water partition coefficient (Wildman–Crippen LogP) is 4.09. The van der Waals surface area contributed by atoms with Crippen LogP contribution in [0, 0.1) is 11.5 Å². The number of ether oxygens (including phenoxy) is 1. The SMILES string of the molecule is COc1[c]cc(C(=O)CN2Cc3ccc(C4CC4)nc3C2=N)cc1C(C)(C)C. The van der Waals surface area contributed by atoms with E-state index in [1.165, 1.54) is 12.8 Å². The Bertz CT molecular complexity index is 955. The lowest BCUT2D eigenvalue weighted by Gasteiger charge is -2.23. The van der Waals surface area contributed by atoms with E-state index < -0.39 is 0 Å². The van der Waals surface area contributed by atoms with Crippen LogP contribution in [0.2, 0.25) is 0 Å². The van der Waals surface area contributed by atoms with Crippen molar-refractivity contribution in [1.82, 2.24) is 9.88 Å². The highest BCUT2D eigenvalue weighted by atomic mass is 16.5. The summed E-state index contributed by atoms with van der Waals surface area (Å²) in [6.45, 7) is 6.98. The van der Waals surface area contributed by atoms with E-state index >= 15 is 0 Å². The first-order chi connectivity index (χ1) is 13.3. The van der Waals surface area contributed by atoms with Gasteiger partial charge in [0.05, 0.1) is 13.7 Å². The minimum atomic E-state index is -0.155. The Labute approximate surface area is 166 Å². The fourth-order valence-electron chi connectivity index (χ4n) is 3.65. The largest absolute Gasteiger partial charge is 0.496 e. The number of rotatable bonds is 5. The number of carbonyl (C=O) groups excluding carboxylic acids is 1. The molecule has 145 valence electrons. The van der Waals surface area contributed by atoms with Gasteiger partial charge >= 0.3 is 0 Å². The lowest BCUT2D eigenvalue weighted by atomic mass is 9.85. The maximum absolute atomic E-state index is 12.9. The minimum absolute atomic E-state index is 0.0237. The summed E-state index contributed by atoms with van der Waals surface area (Å²) in [7, 11) is 1.62. The second-order valence-corrected chi connectivity index (χ2v) is 8.73. The number of pyridine rings is 1. The van der Waals surface area contributed by atoms with Crippen molar-refractivity contribution in [3.8, 4) is 5.75 Å². The van der Waals surface area contributed by atoms with E-state index in [1.54, 1.807) is 18.1 Å². The maximum atomic E-state index is 12.9. The molecule has 1 radical (unpaired) electrons. The Morgan fingerprint density at radius 1 is 1.36 bits per heavy atom. The van der Waals surface area contributed by atoms with Crippen molar-refractivity contribution in [3.05, 3.63) is 58.4 Å². The standard InChI is InChI=1S/C23H26N3O2/c1-23(2,3)17-11-15(8-10-20(17)28-4)19(27)13-26-12-16-7-9-18(14-5-6-14)25-21(16)22(26)24/h7-9,11,14,24H,5-6,12-13H2,1-4H3. The molecule has 1 aromatic heterocycles. The smallest absolute Gasteiger partial charge is 0.182 e. The zero-order valence-corrected chi connectivity index (χ0v) is 16.9. The third kappa shape index (κ3) is 3.41. The summed E-state index contributed by atoms with van der Waals surface area (Å²) in [5.74, 6) is 1.55. The Morgan fingerprint density at radius 3 is 2.75 bits per heavy atom. The fraction of sp³-hybridized carbons (Fsp3) is 0.435. The van der Waals surface area contributed by atoms with E-state index in [0.29, 0.717) is 29.6 Å². The number of hydrogen-bond donors (Lipinski definition) is 1. The first kappa shape index (κ1) is 18.7. The summed E-state index contributed by atoms with van der Waals surface area (Å²) in [6, 6.07) is 10.8. The topological polar surface area (TPSA) is 66.3 Å².